The van der Waals surface area contributed by atoms with Crippen LogP contribution in [0.15, 0.2) is 0 Å². The van der Waals surface area contributed by atoms with E-state index in [9.17, 15) is 4.79 Å². The van der Waals surface area contributed by atoms with Gasteiger partial charge in [-0.25, -0.2) is 10.1 Å². The largest absolute Gasteiger partial charge is 0.387 e. The molecule has 0 rings (SSSR count). The van der Waals surface area contributed by atoms with E-state index < -0.39 is 24.6 Å². The zero-order valence-corrected chi connectivity index (χ0v) is 5.94. The van der Waals surface area contributed by atoms with Crippen molar-refractivity contribution in [3.63, 3.8) is 0 Å². The summed E-state index contributed by atoms with van der Waals surface area (Å²) in [4.78, 5) is 13.1. The molecular weight excluding hydrogens is 172 g/mol. The number of carbonyl (C=O) groups excluding carboxylic acids is 1. The highest BCUT2D eigenvalue weighted by Crippen LogP contribution is 2.03. The van der Waals surface area contributed by atoms with Crippen molar-refractivity contribution in [2.45, 2.75) is 24.6 Å². The molecule has 5 N–H and O–H groups in total. The molecule has 0 bridgehead atoms. The minimum Gasteiger partial charge on any atom is -0.387 e. The van der Waals surface area contributed by atoms with Gasteiger partial charge in [-0.2, -0.15) is 0 Å². The smallest absolute Gasteiger partial charge is 0.217 e. The molecule has 0 radical (unpaired) electrons. The van der Waals surface area contributed by atoms with Crippen LogP contribution in [-0.4, -0.2) is 56.6 Å². The van der Waals surface area contributed by atoms with Crippen LogP contribution in [-0.2, 0) is 9.68 Å². The Bertz CT molecular complexity index is 138. The van der Waals surface area contributed by atoms with E-state index in [1.807, 2.05) is 0 Å². The van der Waals surface area contributed by atoms with Crippen molar-refractivity contribution in [2.75, 3.05) is 0 Å². The number of aliphatic hydroxyl groups excluding tert-OH is 4. The molecule has 4 atom stereocenters. The zero-order valence-electron chi connectivity index (χ0n) is 5.94. The molecule has 7 heteroatoms. The highest BCUT2D eigenvalue weighted by molar-refractivity contribution is 5.56. The third-order valence-electron chi connectivity index (χ3n) is 1.24. The lowest BCUT2D eigenvalue weighted by atomic mass is 10.1. The molecule has 0 spiro atoms. The molecule has 0 aliphatic heterocycles. The molecular formula is C5H10O7. The fourth-order valence-corrected chi connectivity index (χ4v) is 0.514. The minimum atomic E-state index is -2.07. The van der Waals surface area contributed by atoms with Crippen LogP contribution in [0.2, 0.25) is 0 Å². The van der Waals surface area contributed by atoms with Crippen molar-refractivity contribution >= 4 is 6.29 Å². The third kappa shape index (κ3) is 2.81. The normalized spacial score (nSPS) is 21.1. The first kappa shape index (κ1) is 11.4. The van der Waals surface area contributed by atoms with Crippen molar-refractivity contribution in [2.24, 2.45) is 0 Å². The van der Waals surface area contributed by atoms with Gasteiger partial charge in [0.05, 0.1) is 0 Å². The molecule has 0 aliphatic carbocycles. The highest BCUT2D eigenvalue weighted by Gasteiger charge is 2.30. The Morgan fingerprint density at radius 1 is 1.08 bits per heavy atom. The standard InChI is InChI=1S/C5H10O7/c6-1-2(7)3(8)4(9)5(10)12-11/h1-5,7-11H/t2-,3+,4-,5+/m0/s1. The summed E-state index contributed by atoms with van der Waals surface area (Å²) >= 11 is 0. The molecule has 0 aliphatic rings. The van der Waals surface area contributed by atoms with Gasteiger partial charge in [0.2, 0.25) is 6.29 Å². The van der Waals surface area contributed by atoms with Crippen LogP contribution in [0, 0.1) is 0 Å². The Morgan fingerprint density at radius 3 is 1.92 bits per heavy atom. The topological polar surface area (TPSA) is 127 Å². The van der Waals surface area contributed by atoms with Gasteiger partial charge >= 0.3 is 0 Å². The van der Waals surface area contributed by atoms with Gasteiger partial charge in [-0.05, 0) is 0 Å². The monoisotopic (exact) mass is 182 g/mol. The molecule has 0 fully saturated rings. The Morgan fingerprint density at radius 2 is 1.58 bits per heavy atom. The van der Waals surface area contributed by atoms with Crippen LogP contribution in [0.3, 0.4) is 0 Å². The predicted molar refractivity (Wildman–Crippen MR) is 33.8 cm³/mol. The van der Waals surface area contributed by atoms with Gasteiger partial charge < -0.3 is 25.2 Å². The van der Waals surface area contributed by atoms with Crippen LogP contribution >= 0.6 is 0 Å². The van der Waals surface area contributed by atoms with E-state index in [1.165, 1.54) is 0 Å². The Kier molecular flexibility index (Phi) is 4.90. The van der Waals surface area contributed by atoms with Crippen LogP contribution in [0.5, 0.6) is 0 Å². The quantitative estimate of drug-likeness (QED) is 0.133. The summed E-state index contributed by atoms with van der Waals surface area (Å²) in [6.45, 7) is 0. The summed E-state index contributed by atoms with van der Waals surface area (Å²) < 4.78 is 0. The van der Waals surface area contributed by atoms with E-state index in [0.717, 1.165) is 0 Å². The number of hydrogen-bond donors (Lipinski definition) is 5. The maximum atomic E-state index is 9.86. The van der Waals surface area contributed by atoms with E-state index in [-0.39, 0.29) is 6.29 Å². The van der Waals surface area contributed by atoms with Crippen molar-refractivity contribution in [3.05, 3.63) is 0 Å². The molecule has 0 heterocycles. The van der Waals surface area contributed by atoms with Gasteiger partial charge in [-0.15, -0.1) is 0 Å². The first-order chi connectivity index (χ1) is 5.54. The van der Waals surface area contributed by atoms with Gasteiger partial charge in [0, 0.05) is 0 Å². The second-order valence-corrected chi connectivity index (χ2v) is 2.10. The van der Waals surface area contributed by atoms with Gasteiger partial charge in [0.15, 0.2) is 6.29 Å². The second kappa shape index (κ2) is 5.14. The predicted octanol–water partition coefficient (Wildman–Crippen LogP) is -2.92. The number of aliphatic hydroxyl groups is 4. The maximum absolute atomic E-state index is 9.86. The summed E-state index contributed by atoms with van der Waals surface area (Å²) in [7, 11) is 0. The number of hydrogen-bond acceptors (Lipinski definition) is 7. The van der Waals surface area contributed by atoms with Crippen molar-refractivity contribution in [1.82, 2.24) is 0 Å². The maximum Gasteiger partial charge on any atom is 0.217 e. The highest BCUT2D eigenvalue weighted by atomic mass is 17.1. The second-order valence-electron chi connectivity index (χ2n) is 2.10. The van der Waals surface area contributed by atoms with Crippen LogP contribution < -0.4 is 0 Å². The van der Waals surface area contributed by atoms with Gasteiger partial charge in [-0.3, -0.25) is 0 Å². The zero-order chi connectivity index (χ0) is 9.72. The van der Waals surface area contributed by atoms with Gasteiger partial charge in [0.25, 0.3) is 0 Å². The number of carbonyl (C=O) groups is 1. The average Bonchev–Trinajstić information content (AvgIpc) is 2.12. The summed E-state index contributed by atoms with van der Waals surface area (Å²) in [5.41, 5.74) is 0. The molecule has 0 amide bonds. The molecule has 72 valence electrons. The fourth-order valence-electron chi connectivity index (χ4n) is 0.514. The van der Waals surface area contributed by atoms with E-state index in [4.69, 9.17) is 25.7 Å². The fraction of sp³-hybridized carbons (Fsp3) is 0.800. The van der Waals surface area contributed by atoms with Gasteiger partial charge in [0.1, 0.15) is 18.3 Å². The molecule has 0 aromatic carbocycles. The summed E-state index contributed by atoms with van der Waals surface area (Å²) in [5, 5.41) is 42.6. The SMILES string of the molecule is O=C[C@H](O)[C@@H](O)[C@H](O)[C@H](O)OO. The van der Waals surface area contributed by atoms with E-state index in [0.29, 0.717) is 0 Å². The Hall–Kier alpha value is -0.570. The molecule has 0 aromatic heterocycles. The summed E-state index contributed by atoms with van der Waals surface area (Å²) in [5.74, 6) is 0. The van der Waals surface area contributed by atoms with E-state index >= 15 is 0 Å². The summed E-state index contributed by atoms with van der Waals surface area (Å²) in [6.07, 6.45) is -7.82. The number of aldehydes is 1. The van der Waals surface area contributed by atoms with Crippen molar-refractivity contribution < 1.29 is 35.4 Å². The molecule has 7 nitrogen and oxygen atoms in total. The van der Waals surface area contributed by atoms with Gasteiger partial charge in [-0.1, -0.05) is 0 Å². The molecule has 0 aromatic rings. The lowest BCUT2D eigenvalue weighted by molar-refractivity contribution is -0.362. The first-order valence-electron chi connectivity index (χ1n) is 3.02. The average molecular weight is 182 g/mol. The van der Waals surface area contributed by atoms with Crippen molar-refractivity contribution in [1.29, 1.82) is 0 Å². The number of rotatable bonds is 5. The Balaban J connectivity index is 4.07. The Labute approximate surface area is 67.4 Å². The molecule has 0 unspecified atom stereocenters. The lowest BCUT2D eigenvalue weighted by Crippen LogP contribution is -2.45. The molecule has 12 heavy (non-hydrogen) atoms. The van der Waals surface area contributed by atoms with Crippen LogP contribution in [0.1, 0.15) is 0 Å². The van der Waals surface area contributed by atoms with Crippen LogP contribution in [0.4, 0.5) is 0 Å². The summed E-state index contributed by atoms with van der Waals surface area (Å²) in [6, 6.07) is 0. The first-order valence-corrected chi connectivity index (χ1v) is 3.02. The van der Waals surface area contributed by atoms with E-state index in [1.54, 1.807) is 0 Å². The lowest BCUT2D eigenvalue weighted by Gasteiger charge is -2.21. The third-order valence-corrected chi connectivity index (χ3v) is 1.24. The van der Waals surface area contributed by atoms with Crippen LogP contribution in [0.25, 0.3) is 0 Å². The molecule has 0 saturated carbocycles. The minimum absolute atomic E-state index is 0.0298. The van der Waals surface area contributed by atoms with E-state index in [2.05, 4.69) is 4.89 Å². The molecule has 0 saturated heterocycles. The van der Waals surface area contributed by atoms with Crippen molar-refractivity contribution in [3.8, 4) is 0 Å².